The molecular weight excluding hydrogens is 438 g/mol. The zero-order chi connectivity index (χ0) is 23.3. The Hall–Kier alpha value is -3.72. The zero-order valence-corrected chi connectivity index (χ0v) is 18.1. The fourth-order valence-corrected chi connectivity index (χ4v) is 3.39. The van der Waals surface area contributed by atoms with Gasteiger partial charge in [0.1, 0.15) is 0 Å². The summed E-state index contributed by atoms with van der Waals surface area (Å²) in [4.78, 5) is 35.8. The standard InChI is InChI=1S/C22H20ClN3O6/c1-3-31-22(28)20-19(18(13-25(29)30)15-7-5-4-6-8-15)21(32-14(2)27)26(24-20)17-11-9-16(23)10-12-17/h4-12,18H,3,13H2,1-2H3/t18-/m1/s1. The van der Waals surface area contributed by atoms with Gasteiger partial charge >= 0.3 is 11.9 Å². The molecular formula is C22H20ClN3O6. The highest BCUT2D eigenvalue weighted by atomic mass is 35.5. The molecule has 9 nitrogen and oxygen atoms in total. The molecule has 0 spiro atoms. The number of hydrogen-bond donors (Lipinski definition) is 0. The van der Waals surface area contributed by atoms with Crippen LogP contribution in [0.4, 0.5) is 0 Å². The van der Waals surface area contributed by atoms with Gasteiger partial charge in [0.05, 0.1) is 23.8 Å². The molecule has 0 saturated carbocycles. The van der Waals surface area contributed by atoms with Crippen LogP contribution < -0.4 is 4.74 Å². The molecule has 0 aliphatic carbocycles. The van der Waals surface area contributed by atoms with Crippen LogP contribution in [0.15, 0.2) is 54.6 Å². The molecule has 0 bridgehead atoms. The van der Waals surface area contributed by atoms with Gasteiger partial charge in [-0.25, -0.2) is 4.79 Å². The van der Waals surface area contributed by atoms with Gasteiger partial charge in [0.15, 0.2) is 5.69 Å². The molecule has 2 aromatic carbocycles. The van der Waals surface area contributed by atoms with Crippen LogP contribution in [-0.4, -0.2) is 39.8 Å². The Balaban J connectivity index is 2.33. The average Bonchev–Trinajstić information content (AvgIpc) is 3.11. The predicted octanol–water partition coefficient (Wildman–Crippen LogP) is 4.04. The van der Waals surface area contributed by atoms with Crippen molar-refractivity contribution < 1.29 is 24.0 Å². The first-order chi connectivity index (χ1) is 15.3. The quantitative estimate of drug-likeness (QED) is 0.285. The molecule has 0 radical (unpaired) electrons. The second-order valence-corrected chi connectivity index (χ2v) is 7.18. The van der Waals surface area contributed by atoms with Gasteiger partial charge in [-0.15, -0.1) is 0 Å². The maximum absolute atomic E-state index is 12.8. The van der Waals surface area contributed by atoms with Crippen molar-refractivity contribution in [2.75, 3.05) is 13.2 Å². The number of aromatic nitrogens is 2. The van der Waals surface area contributed by atoms with E-state index in [1.54, 1.807) is 61.5 Å². The summed E-state index contributed by atoms with van der Waals surface area (Å²) in [6, 6.07) is 15.0. The monoisotopic (exact) mass is 457 g/mol. The lowest BCUT2D eigenvalue weighted by Crippen LogP contribution is -2.19. The molecule has 3 rings (SSSR count). The summed E-state index contributed by atoms with van der Waals surface area (Å²) >= 11 is 5.98. The van der Waals surface area contributed by atoms with Crippen molar-refractivity contribution in [1.82, 2.24) is 9.78 Å². The van der Waals surface area contributed by atoms with E-state index < -0.39 is 29.3 Å². The predicted molar refractivity (Wildman–Crippen MR) is 116 cm³/mol. The van der Waals surface area contributed by atoms with Crippen molar-refractivity contribution in [3.05, 3.63) is 86.6 Å². The van der Waals surface area contributed by atoms with Gasteiger partial charge in [-0.1, -0.05) is 41.9 Å². The summed E-state index contributed by atoms with van der Waals surface area (Å²) in [5.74, 6) is -2.49. The number of carbonyl (C=O) groups excluding carboxylic acids is 2. The third-order valence-electron chi connectivity index (χ3n) is 4.54. The Morgan fingerprint density at radius 3 is 2.38 bits per heavy atom. The minimum atomic E-state index is -0.930. The van der Waals surface area contributed by atoms with E-state index in [1.807, 2.05) is 0 Å². The Labute approximate surface area is 188 Å². The number of hydrogen-bond acceptors (Lipinski definition) is 7. The summed E-state index contributed by atoms with van der Waals surface area (Å²) in [5.41, 5.74) is 0.916. The highest BCUT2D eigenvalue weighted by Gasteiger charge is 2.35. The number of rotatable bonds is 8. The average molecular weight is 458 g/mol. The first kappa shape index (κ1) is 23.0. The number of benzene rings is 2. The van der Waals surface area contributed by atoms with Crippen molar-refractivity contribution in [3.8, 4) is 11.6 Å². The van der Waals surface area contributed by atoms with Crippen LogP contribution in [0.3, 0.4) is 0 Å². The van der Waals surface area contributed by atoms with E-state index in [0.717, 1.165) is 0 Å². The summed E-state index contributed by atoms with van der Waals surface area (Å²) < 4.78 is 11.8. The molecule has 32 heavy (non-hydrogen) atoms. The molecule has 166 valence electrons. The van der Waals surface area contributed by atoms with Crippen molar-refractivity contribution in [3.63, 3.8) is 0 Å². The molecule has 0 fully saturated rings. The van der Waals surface area contributed by atoms with Gasteiger partial charge in [0.25, 0.3) is 0 Å². The van der Waals surface area contributed by atoms with E-state index in [9.17, 15) is 19.7 Å². The molecule has 1 heterocycles. The highest BCUT2D eigenvalue weighted by Crippen LogP contribution is 2.37. The summed E-state index contributed by atoms with van der Waals surface area (Å²) in [5, 5.41) is 16.4. The fraction of sp³-hybridized carbons (Fsp3) is 0.227. The van der Waals surface area contributed by atoms with Crippen LogP contribution in [0.1, 0.15) is 41.4 Å². The lowest BCUT2D eigenvalue weighted by Gasteiger charge is -2.16. The van der Waals surface area contributed by atoms with Crippen molar-refractivity contribution in [1.29, 1.82) is 0 Å². The van der Waals surface area contributed by atoms with E-state index in [0.29, 0.717) is 16.3 Å². The molecule has 10 heteroatoms. The van der Waals surface area contributed by atoms with Crippen LogP contribution in [0, 0.1) is 10.1 Å². The van der Waals surface area contributed by atoms with E-state index >= 15 is 0 Å². The number of carbonyl (C=O) groups is 2. The van der Waals surface area contributed by atoms with Gasteiger partial charge < -0.3 is 9.47 Å². The summed E-state index contributed by atoms with van der Waals surface area (Å²) in [6.45, 7) is 2.34. The molecule has 0 unspecified atom stereocenters. The smallest absolute Gasteiger partial charge is 0.359 e. The Bertz CT molecular complexity index is 1130. The maximum atomic E-state index is 12.8. The molecule has 3 aromatic rings. The van der Waals surface area contributed by atoms with Crippen LogP contribution in [-0.2, 0) is 9.53 Å². The minimum absolute atomic E-state index is 0.0697. The Kier molecular flexibility index (Phi) is 7.21. The van der Waals surface area contributed by atoms with Crippen LogP contribution in [0.5, 0.6) is 5.88 Å². The molecule has 1 atom stereocenters. The number of halogens is 1. The Morgan fingerprint density at radius 2 is 1.81 bits per heavy atom. The van der Waals surface area contributed by atoms with Crippen LogP contribution in [0.25, 0.3) is 5.69 Å². The van der Waals surface area contributed by atoms with Gasteiger partial charge in [-0.05, 0) is 36.8 Å². The zero-order valence-electron chi connectivity index (χ0n) is 17.4. The second-order valence-electron chi connectivity index (χ2n) is 6.75. The fourth-order valence-electron chi connectivity index (χ4n) is 3.27. The third kappa shape index (κ3) is 5.12. The topological polar surface area (TPSA) is 114 Å². The first-order valence-corrected chi connectivity index (χ1v) is 10.1. The van der Waals surface area contributed by atoms with Gasteiger partial charge in [-0.2, -0.15) is 9.78 Å². The van der Waals surface area contributed by atoms with Gasteiger partial charge in [0, 0.05) is 16.9 Å². The maximum Gasteiger partial charge on any atom is 0.359 e. The number of ether oxygens (including phenoxy) is 2. The van der Waals surface area contributed by atoms with E-state index in [4.69, 9.17) is 21.1 Å². The minimum Gasteiger partial charge on any atom is -0.461 e. The molecule has 0 N–H and O–H groups in total. The van der Waals surface area contributed by atoms with Crippen LogP contribution in [0.2, 0.25) is 5.02 Å². The summed E-state index contributed by atoms with van der Waals surface area (Å²) in [6.07, 6.45) is 0. The largest absolute Gasteiger partial charge is 0.461 e. The lowest BCUT2D eigenvalue weighted by atomic mass is 9.91. The van der Waals surface area contributed by atoms with Crippen molar-refractivity contribution in [2.45, 2.75) is 19.8 Å². The molecule has 0 aliphatic heterocycles. The first-order valence-electron chi connectivity index (χ1n) is 9.73. The van der Waals surface area contributed by atoms with Gasteiger partial charge in [-0.3, -0.25) is 14.9 Å². The normalized spacial score (nSPS) is 11.6. The third-order valence-corrected chi connectivity index (χ3v) is 4.79. The molecule has 0 aliphatic rings. The lowest BCUT2D eigenvalue weighted by molar-refractivity contribution is -0.481. The van der Waals surface area contributed by atoms with E-state index in [2.05, 4.69) is 5.10 Å². The van der Waals surface area contributed by atoms with Crippen molar-refractivity contribution in [2.24, 2.45) is 0 Å². The molecule has 0 saturated heterocycles. The Morgan fingerprint density at radius 1 is 1.16 bits per heavy atom. The van der Waals surface area contributed by atoms with E-state index in [-0.39, 0.29) is 23.7 Å². The SMILES string of the molecule is CCOC(=O)c1nn(-c2ccc(Cl)cc2)c(OC(C)=O)c1[C@H](C[N+](=O)[O-])c1ccccc1. The van der Waals surface area contributed by atoms with E-state index in [1.165, 1.54) is 11.6 Å². The summed E-state index contributed by atoms with van der Waals surface area (Å²) in [7, 11) is 0. The second kappa shape index (κ2) is 10.1. The highest BCUT2D eigenvalue weighted by molar-refractivity contribution is 6.30. The molecule has 0 amide bonds. The number of nitro groups is 1. The molecule has 1 aromatic heterocycles. The number of esters is 2. The van der Waals surface area contributed by atoms with Gasteiger partial charge in [0.2, 0.25) is 12.4 Å². The van der Waals surface area contributed by atoms with Crippen molar-refractivity contribution >= 4 is 23.5 Å². The number of nitrogens with zero attached hydrogens (tertiary/aromatic N) is 3. The van der Waals surface area contributed by atoms with Crippen LogP contribution >= 0.6 is 11.6 Å².